The van der Waals surface area contributed by atoms with Gasteiger partial charge < -0.3 is 4.74 Å². The Morgan fingerprint density at radius 2 is 1.93 bits per heavy atom. The van der Waals surface area contributed by atoms with E-state index in [4.69, 9.17) is 4.74 Å². The smallest absolute Gasteiger partial charge is 0.168 e. The first-order chi connectivity index (χ1) is 7.10. The van der Waals surface area contributed by atoms with Gasteiger partial charge in [-0.25, -0.2) is 0 Å². The molecule has 2 heteroatoms. The SMILES string of the molecule is C=C(C)CC(=O)C1(OCC)CCCCC1. The van der Waals surface area contributed by atoms with Crippen LogP contribution in [0.25, 0.3) is 0 Å². The predicted molar refractivity (Wildman–Crippen MR) is 61.9 cm³/mol. The standard InChI is InChI=1S/C13H22O2/c1-4-15-13(8-6-5-7-9-13)12(14)10-11(2)3/h2,4-10H2,1,3H3. The lowest BCUT2D eigenvalue weighted by Crippen LogP contribution is -2.43. The number of rotatable bonds is 5. The van der Waals surface area contributed by atoms with Gasteiger partial charge in [0, 0.05) is 13.0 Å². The fourth-order valence-electron chi connectivity index (χ4n) is 2.34. The van der Waals surface area contributed by atoms with Gasteiger partial charge in [0.1, 0.15) is 5.60 Å². The van der Waals surface area contributed by atoms with E-state index in [9.17, 15) is 4.79 Å². The van der Waals surface area contributed by atoms with Gasteiger partial charge >= 0.3 is 0 Å². The lowest BCUT2D eigenvalue weighted by atomic mass is 9.80. The van der Waals surface area contributed by atoms with E-state index in [0.717, 1.165) is 31.3 Å². The van der Waals surface area contributed by atoms with Gasteiger partial charge in [-0.15, -0.1) is 0 Å². The third-order valence-electron chi connectivity index (χ3n) is 3.05. The van der Waals surface area contributed by atoms with Crippen LogP contribution >= 0.6 is 0 Å². The summed E-state index contributed by atoms with van der Waals surface area (Å²) in [6, 6.07) is 0. The molecule has 1 fully saturated rings. The third-order valence-corrected chi connectivity index (χ3v) is 3.05. The number of hydrogen-bond acceptors (Lipinski definition) is 2. The molecule has 0 bridgehead atoms. The molecule has 0 radical (unpaired) electrons. The van der Waals surface area contributed by atoms with Crippen LogP contribution in [0.15, 0.2) is 12.2 Å². The first kappa shape index (κ1) is 12.4. The van der Waals surface area contributed by atoms with E-state index in [1.807, 2.05) is 13.8 Å². The number of carbonyl (C=O) groups excluding carboxylic acids is 1. The largest absolute Gasteiger partial charge is 0.367 e. The summed E-state index contributed by atoms with van der Waals surface area (Å²) in [4.78, 5) is 12.1. The Hall–Kier alpha value is -0.630. The summed E-state index contributed by atoms with van der Waals surface area (Å²) in [7, 11) is 0. The molecule has 0 saturated heterocycles. The molecule has 0 aromatic carbocycles. The average molecular weight is 210 g/mol. The number of allylic oxidation sites excluding steroid dienone is 1. The summed E-state index contributed by atoms with van der Waals surface area (Å²) in [6.45, 7) is 8.30. The maximum absolute atomic E-state index is 12.1. The van der Waals surface area contributed by atoms with Crippen molar-refractivity contribution >= 4 is 5.78 Å². The molecule has 15 heavy (non-hydrogen) atoms. The molecule has 0 aromatic rings. The van der Waals surface area contributed by atoms with Crippen molar-refractivity contribution in [1.29, 1.82) is 0 Å². The molecule has 1 aliphatic carbocycles. The average Bonchev–Trinajstić information content (AvgIpc) is 2.18. The highest BCUT2D eigenvalue weighted by molar-refractivity contribution is 5.89. The molecule has 0 unspecified atom stereocenters. The Morgan fingerprint density at radius 1 is 1.33 bits per heavy atom. The Balaban J connectivity index is 2.70. The number of Topliss-reactive ketones (excluding diaryl/α,β-unsaturated/α-hetero) is 1. The molecule has 0 aliphatic heterocycles. The zero-order valence-corrected chi connectivity index (χ0v) is 9.97. The summed E-state index contributed by atoms with van der Waals surface area (Å²) in [6.07, 6.45) is 5.72. The quantitative estimate of drug-likeness (QED) is 0.651. The molecule has 1 saturated carbocycles. The number of ketones is 1. The number of ether oxygens (including phenoxy) is 1. The molecule has 0 atom stereocenters. The van der Waals surface area contributed by atoms with E-state index in [1.54, 1.807) is 0 Å². The predicted octanol–water partition coefficient (Wildman–Crippen LogP) is 3.26. The Labute approximate surface area is 92.7 Å². The Bertz CT molecular complexity index is 231. The van der Waals surface area contributed by atoms with Gasteiger partial charge in [0.15, 0.2) is 5.78 Å². The van der Waals surface area contributed by atoms with Gasteiger partial charge in [-0.05, 0) is 26.7 Å². The second-order valence-electron chi connectivity index (χ2n) is 4.55. The van der Waals surface area contributed by atoms with Gasteiger partial charge in [-0.3, -0.25) is 4.79 Å². The molecule has 0 aromatic heterocycles. The van der Waals surface area contributed by atoms with E-state index in [1.165, 1.54) is 6.42 Å². The second-order valence-corrected chi connectivity index (χ2v) is 4.55. The fourth-order valence-corrected chi connectivity index (χ4v) is 2.34. The van der Waals surface area contributed by atoms with Gasteiger partial charge in [-0.2, -0.15) is 0 Å². The van der Waals surface area contributed by atoms with Crippen molar-refractivity contribution in [1.82, 2.24) is 0 Å². The molecule has 2 nitrogen and oxygen atoms in total. The van der Waals surface area contributed by atoms with Crippen LogP contribution in [0.1, 0.15) is 52.4 Å². The summed E-state index contributed by atoms with van der Waals surface area (Å²) in [5, 5.41) is 0. The molecule has 0 amide bonds. The zero-order valence-electron chi connectivity index (χ0n) is 9.97. The highest BCUT2D eigenvalue weighted by Gasteiger charge is 2.39. The molecule has 1 aliphatic rings. The molecular weight excluding hydrogens is 188 g/mol. The van der Waals surface area contributed by atoms with Crippen LogP contribution in [0, 0.1) is 0 Å². The first-order valence-electron chi connectivity index (χ1n) is 5.92. The van der Waals surface area contributed by atoms with Crippen molar-refractivity contribution in [2.75, 3.05) is 6.61 Å². The van der Waals surface area contributed by atoms with Crippen molar-refractivity contribution in [2.24, 2.45) is 0 Å². The van der Waals surface area contributed by atoms with Crippen LogP contribution in [0.4, 0.5) is 0 Å². The van der Waals surface area contributed by atoms with Crippen molar-refractivity contribution in [3.63, 3.8) is 0 Å². The van der Waals surface area contributed by atoms with E-state index in [2.05, 4.69) is 6.58 Å². The second kappa shape index (κ2) is 5.45. The molecular formula is C13H22O2. The van der Waals surface area contributed by atoms with Crippen LogP contribution in [0.3, 0.4) is 0 Å². The van der Waals surface area contributed by atoms with Crippen molar-refractivity contribution in [2.45, 2.75) is 58.0 Å². The molecule has 86 valence electrons. The van der Waals surface area contributed by atoms with E-state index >= 15 is 0 Å². The van der Waals surface area contributed by atoms with Gasteiger partial charge in [-0.1, -0.05) is 31.4 Å². The van der Waals surface area contributed by atoms with Crippen molar-refractivity contribution in [3.8, 4) is 0 Å². The van der Waals surface area contributed by atoms with Crippen LogP contribution in [-0.4, -0.2) is 18.0 Å². The Kier molecular flexibility index (Phi) is 4.52. The van der Waals surface area contributed by atoms with E-state index in [0.29, 0.717) is 13.0 Å². The first-order valence-corrected chi connectivity index (χ1v) is 5.92. The van der Waals surface area contributed by atoms with Crippen LogP contribution in [0.2, 0.25) is 0 Å². The summed E-state index contributed by atoms with van der Waals surface area (Å²) >= 11 is 0. The number of carbonyl (C=O) groups is 1. The monoisotopic (exact) mass is 210 g/mol. The molecule has 0 N–H and O–H groups in total. The maximum atomic E-state index is 12.1. The molecule has 1 rings (SSSR count). The number of hydrogen-bond donors (Lipinski definition) is 0. The normalized spacial score (nSPS) is 19.9. The van der Waals surface area contributed by atoms with Gasteiger partial charge in [0.2, 0.25) is 0 Å². The van der Waals surface area contributed by atoms with Gasteiger partial charge in [0.05, 0.1) is 0 Å². The van der Waals surface area contributed by atoms with Crippen LogP contribution in [0.5, 0.6) is 0 Å². The third kappa shape index (κ3) is 3.16. The fraction of sp³-hybridized carbons (Fsp3) is 0.769. The Morgan fingerprint density at radius 3 is 2.40 bits per heavy atom. The molecule has 0 heterocycles. The zero-order chi connectivity index (χ0) is 11.3. The minimum atomic E-state index is -0.480. The van der Waals surface area contributed by atoms with Crippen molar-refractivity contribution in [3.05, 3.63) is 12.2 Å². The lowest BCUT2D eigenvalue weighted by molar-refractivity contribution is -0.148. The topological polar surface area (TPSA) is 26.3 Å². The van der Waals surface area contributed by atoms with Crippen LogP contribution in [-0.2, 0) is 9.53 Å². The van der Waals surface area contributed by atoms with E-state index in [-0.39, 0.29) is 5.78 Å². The summed E-state index contributed by atoms with van der Waals surface area (Å²) in [5.74, 6) is 0.233. The lowest BCUT2D eigenvalue weighted by Gasteiger charge is -2.35. The van der Waals surface area contributed by atoms with Crippen LogP contribution < -0.4 is 0 Å². The highest BCUT2D eigenvalue weighted by atomic mass is 16.5. The summed E-state index contributed by atoms with van der Waals surface area (Å²) in [5.41, 5.74) is 0.455. The van der Waals surface area contributed by atoms with E-state index < -0.39 is 5.60 Å². The summed E-state index contributed by atoms with van der Waals surface area (Å²) < 4.78 is 5.74. The minimum absolute atomic E-state index is 0.233. The van der Waals surface area contributed by atoms with Gasteiger partial charge in [0.25, 0.3) is 0 Å². The molecule has 0 spiro atoms. The highest BCUT2D eigenvalue weighted by Crippen LogP contribution is 2.33. The minimum Gasteiger partial charge on any atom is -0.367 e. The maximum Gasteiger partial charge on any atom is 0.168 e. The van der Waals surface area contributed by atoms with Crippen molar-refractivity contribution < 1.29 is 9.53 Å².